The van der Waals surface area contributed by atoms with E-state index in [-0.39, 0.29) is 22.8 Å². The number of carbonyl (C=O) groups is 2. The number of non-ortho nitro benzene ring substituents is 1. The Morgan fingerprint density at radius 3 is 2.36 bits per heavy atom. The summed E-state index contributed by atoms with van der Waals surface area (Å²) in [7, 11) is 0. The van der Waals surface area contributed by atoms with Gasteiger partial charge in [-0.25, -0.2) is 4.79 Å². The minimum absolute atomic E-state index is 0.111. The summed E-state index contributed by atoms with van der Waals surface area (Å²) in [6.45, 7) is 1.30. The van der Waals surface area contributed by atoms with Gasteiger partial charge >= 0.3 is 5.97 Å². The van der Waals surface area contributed by atoms with Crippen LogP contribution in [0.25, 0.3) is 10.8 Å². The summed E-state index contributed by atoms with van der Waals surface area (Å²) < 4.78 is 5.27. The van der Waals surface area contributed by atoms with Crippen molar-refractivity contribution in [3.63, 3.8) is 0 Å². The fourth-order valence-electron chi connectivity index (χ4n) is 2.47. The van der Waals surface area contributed by atoms with Crippen LogP contribution in [0, 0.1) is 10.1 Å². The van der Waals surface area contributed by atoms with Gasteiger partial charge in [0, 0.05) is 6.07 Å². The summed E-state index contributed by atoms with van der Waals surface area (Å²) in [4.78, 5) is 34.4. The molecule has 0 amide bonds. The number of esters is 1. The number of hydrogen-bond acceptors (Lipinski definition) is 5. The first kappa shape index (κ1) is 16.3. The Balaban J connectivity index is 1.97. The number of nitrogens with zero attached hydrogens (tertiary/aromatic N) is 1. The van der Waals surface area contributed by atoms with Gasteiger partial charge in [0.25, 0.3) is 5.69 Å². The summed E-state index contributed by atoms with van der Waals surface area (Å²) >= 11 is 0. The fourth-order valence-corrected chi connectivity index (χ4v) is 2.47. The first-order valence-electron chi connectivity index (χ1n) is 7.46. The van der Waals surface area contributed by atoms with Gasteiger partial charge in [0.15, 0.2) is 5.78 Å². The van der Waals surface area contributed by atoms with E-state index in [2.05, 4.69) is 0 Å². The molecule has 6 nitrogen and oxygen atoms in total. The summed E-state index contributed by atoms with van der Waals surface area (Å²) in [5.41, 5.74) is 0.144. The van der Waals surface area contributed by atoms with Crippen molar-refractivity contribution >= 4 is 28.2 Å². The smallest absolute Gasteiger partial charge is 0.343 e. The molecular formula is C19H13NO5. The maximum absolute atomic E-state index is 12.4. The molecule has 0 aromatic heterocycles. The molecule has 0 aliphatic heterocycles. The second-order valence-corrected chi connectivity index (χ2v) is 5.45. The molecule has 0 aliphatic carbocycles. The summed E-state index contributed by atoms with van der Waals surface area (Å²) in [6, 6.07) is 16.1. The van der Waals surface area contributed by atoms with Crippen molar-refractivity contribution in [2.75, 3.05) is 0 Å². The van der Waals surface area contributed by atoms with Gasteiger partial charge in [-0.2, -0.15) is 0 Å². The van der Waals surface area contributed by atoms with E-state index >= 15 is 0 Å². The number of nitro groups is 1. The van der Waals surface area contributed by atoms with Gasteiger partial charge < -0.3 is 4.74 Å². The number of Topliss-reactive ketones (excluding diaryl/α,β-unsaturated/α-hetero) is 1. The predicted octanol–water partition coefficient (Wildman–Crippen LogP) is 4.17. The molecule has 6 heteroatoms. The number of rotatable bonds is 4. The van der Waals surface area contributed by atoms with Crippen LogP contribution in [0.4, 0.5) is 5.69 Å². The van der Waals surface area contributed by atoms with Crippen LogP contribution >= 0.6 is 0 Å². The van der Waals surface area contributed by atoms with E-state index in [0.29, 0.717) is 5.56 Å². The third-order valence-electron chi connectivity index (χ3n) is 3.74. The molecule has 0 saturated heterocycles. The maximum Gasteiger partial charge on any atom is 0.343 e. The lowest BCUT2D eigenvalue weighted by atomic mass is 10.1. The van der Waals surface area contributed by atoms with Gasteiger partial charge in [-0.3, -0.25) is 14.9 Å². The zero-order valence-electron chi connectivity index (χ0n) is 13.3. The molecule has 0 radical (unpaired) electrons. The van der Waals surface area contributed by atoms with Crippen molar-refractivity contribution in [2.45, 2.75) is 6.92 Å². The van der Waals surface area contributed by atoms with Crippen molar-refractivity contribution in [1.29, 1.82) is 0 Å². The third-order valence-corrected chi connectivity index (χ3v) is 3.74. The van der Waals surface area contributed by atoms with Crippen LogP contribution in [0.3, 0.4) is 0 Å². The van der Waals surface area contributed by atoms with E-state index in [1.807, 2.05) is 24.3 Å². The highest BCUT2D eigenvalue weighted by Crippen LogP contribution is 2.26. The second-order valence-electron chi connectivity index (χ2n) is 5.45. The number of ether oxygens (including phenoxy) is 1. The molecule has 3 aromatic carbocycles. The average Bonchev–Trinajstić information content (AvgIpc) is 2.60. The Hall–Kier alpha value is -3.54. The van der Waals surface area contributed by atoms with Crippen molar-refractivity contribution in [2.24, 2.45) is 0 Å². The van der Waals surface area contributed by atoms with Crippen molar-refractivity contribution in [3.8, 4) is 5.75 Å². The molecule has 25 heavy (non-hydrogen) atoms. The molecule has 0 unspecified atom stereocenters. The number of carbonyl (C=O) groups excluding carboxylic acids is 2. The Kier molecular flexibility index (Phi) is 4.26. The lowest BCUT2D eigenvalue weighted by Crippen LogP contribution is -2.11. The highest BCUT2D eigenvalue weighted by atomic mass is 16.6. The molecule has 3 rings (SSSR count). The number of nitro benzene ring substituents is 1. The zero-order valence-corrected chi connectivity index (χ0v) is 13.3. The van der Waals surface area contributed by atoms with Gasteiger partial charge in [0.1, 0.15) is 5.75 Å². The molecule has 0 aliphatic rings. The van der Waals surface area contributed by atoms with E-state index in [1.165, 1.54) is 19.1 Å². The maximum atomic E-state index is 12.4. The molecule has 0 spiro atoms. The SMILES string of the molecule is CC(=O)c1ccc([N+](=O)[O-])cc1OC(=O)c1ccc2ccccc2c1. The number of fused-ring (bicyclic) bond motifs is 1. The van der Waals surface area contributed by atoms with Crippen LogP contribution in [0.2, 0.25) is 0 Å². The van der Waals surface area contributed by atoms with Gasteiger partial charge in [0.2, 0.25) is 0 Å². The molecule has 3 aromatic rings. The monoisotopic (exact) mass is 335 g/mol. The predicted molar refractivity (Wildman–Crippen MR) is 92.0 cm³/mol. The van der Waals surface area contributed by atoms with Crippen molar-refractivity contribution in [3.05, 3.63) is 81.9 Å². The third kappa shape index (κ3) is 3.37. The summed E-state index contributed by atoms with van der Waals surface area (Å²) in [6.07, 6.45) is 0. The summed E-state index contributed by atoms with van der Waals surface area (Å²) in [5, 5.41) is 12.8. The molecule has 0 heterocycles. The minimum Gasteiger partial charge on any atom is -0.422 e. The molecule has 0 fully saturated rings. The normalized spacial score (nSPS) is 10.4. The van der Waals surface area contributed by atoms with Crippen LogP contribution in [-0.4, -0.2) is 16.7 Å². The van der Waals surface area contributed by atoms with E-state index in [0.717, 1.165) is 16.8 Å². The van der Waals surface area contributed by atoms with Crippen LogP contribution in [0.1, 0.15) is 27.6 Å². The number of benzene rings is 3. The second kappa shape index (κ2) is 6.52. The van der Waals surface area contributed by atoms with Crippen LogP contribution < -0.4 is 4.74 Å². The first-order valence-corrected chi connectivity index (χ1v) is 7.46. The lowest BCUT2D eigenvalue weighted by Gasteiger charge is -2.09. The summed E-state index contributed by atoms with van der Waals surface area (Å²) in [5.74, 6) is -1.16. The van der Waals surface area contributed by atoms with Gasteiger partial charge in [-0.05, 0) is 35.9 Å². The standard InChI is InChI=1S/C19H13NO5/c1-12(21)17-9-8-16(20(23)24)11-18(17)25-19(22)15-7-6-13-4-2-3-5-14(13)10-15/h2-11H,1H3. The van der Waals surface area contributed by atoms with Crippen LogP contribution in [0.15, 0.2) is 60.7 Å². The average molecular weight is 335 g/mol. The molecule has 0 saturated carbocycles. The molecule has 0 atom stereocenters. The van der Waals surface area contributed by atoms with E-state index in [1.54, 1.807) is 18.2 Å². The Bertz CT molecular complexity index is 1010. The quantitative estimate of drug-likeness (QED) is 0.235. The topological polar surface area (TPSA) is 86.5 Å². The van der Waals surface area contributed by atoms with E-state index in [4.69, 9.17) is 4.74 Å². The minimum atomic E-state index is -0.686. The fraction of sp³-hybridized carbons (Fsp3) is 0.0526. The molecule has 124 valence electrons. The number of ketones is 1. The van der Waals surface area contributed by atoms with Crippen molar-refractivity contribution < 1.29 is 19.2 Å². The molecule has 0 bridgehead atoms. The highest BCUT2D eigenvalue weighted by molar-refractivity contribution is 6.00. The van der Waals surface area contributed by atoms with Crippen molar-refractivity contribution in [1.82, 2.24) is 0 Å². The van der Waals surface area contributed by atoms with Gasteiger partial charge in [-0.15, -0.1) is 0 Å². The molecule has 0 N–H and O–H groups in total. The Morgan fingerprint density at radius 1 is 0.960 bits per heavy atom. The van der Waals surface area contributed by atoms with E-state index < -0.39 is 10.9 Å². The van der Waals surface area contributed by atoms with E-state index in [9.17, 15) is 19.7 Å². The Morgan fingerprint density at radius 2 is 1.68 bits per heavy atom. The first-order chi connectivity index (χ1) is 12.0. The van der Waals surface area contributed by atoms with Gasteiger partial charge in [0.05, 0.1) is 22.1 Å². The van der Waals surface area contributed by atoms with Crippen LogP contribution in [-0.2, 0) is 0 Å². The largest absolute Gasteiger partial charge is 0.422 e. The van der Waals surface area contributed by atoms with Crippen LogP contribution in [0.5, 0.6) is 5.75 Å². The zero-order chi connectivity index (χ0) is 18.0. The van der Waals surface area contributed by atoms with Gasteiger partial charge in [-0.1, -0.05) is 30.3 Å². The number of hydrogen-bond donors (Lipinski definition) is 0. The molecular weight excluding hydrogens is 322 g/mol. The lowest BCUT2D eigenvalue weighted by molar-refractivity contribution is -0.384. The highest BCUT2D eigenvalue weighted by Gasteiger charge is 2.18. The Labute approximate surface area is 142 Å².